The smallest absolute Gasteiger partial charge is 0.397 e. The molecule has 0 aliphatic rings. The first kappa shape index (κ1) is 29.6. The number of benzene rings is 3. The van der Waals surface area contributed by atoms with E-state index in [9.17, 15) is 17.6 Å². The summed E-state index contributed by atoms with van der Waals surface area (Å²) in [5.74, 6) is -2.68. The minimum Gasteiger partial charge on any atom is -0.397 e. The van der Waals surface area contributed by atoms with Crippen molar-refractivity contribution in [3.05, 3.63) is 107 Å². The Morgan fingerprint density at radius 1 is 0.786 bits per heavy atom. The van der Waals surface area contributed by atoms with Gasteiger partial charge >= 0.3 is 27.2 Å². The van der Waals surface area contributed by atoms with Crippen molar-refractivity contribution >= 4 is 21.9 Å². The van der Waals surface area contributed by atoms with Crippen LogP contribution < -0.4 is 0 Å². The summed E-state index contributed by atoms with van der Waals surface area (Å²) >= 11 is 0. The Morgan fingerprint density at radius 3 is 2.17 bits per heavy atom. The Bertz CT molecular complexity index is 1970. The van der Waals surface area contributed by atoms with E-state index < -0.39 is 28.8 Å². The van der Waals surface area contributed by atoms with Gasteiger partial charge in [0.05, 0.1) is 16.7 Å². The van der Waals surface area contributed by atoms with Crippen molar-refractivity contribution < 1.29 is 43.0 Å². The molecule has 0 unspecified atom stereocenters. The zero-order chi connectivity index (χ0) is 29.3. The van der Waals surface area contributed by atoms with Gasteiger partial charge in [-0.25, -0.2) is 4.98 Å². The first-order valence-electron chi connectivity index (χ1n) is 12.8. The van der Waals surface area contributed by atoms with E-state index in [0.29, 0.717) is 39.9 Å². The third-order valence-corrected chi connectivity index (χ3v) is 7.59. The van der Waals surface area contributed by atoms with Gasteiger partial charge in [0.2, 0.25) is 0 Å². The monoisotopic (exact) mass is 753 g/mol. The average molecular weight is 754 g/mol. The van der Waals surface area contributed by atoms with Gasteiger partial charge in [0.1, 0.15) is 0 Å². The summed E-state index contributed by atoms with van der Waals surface area (Å²) < 4.78 is 73.6. The summed E-state index contributed by atoms with van der Waals surface area (Å²) in [7, 11) is 3.76. The number of alkyl halides is 3. The van der Waals surface area contributed by atoms with E-state index in [4.69, 9.17) is 9.97 Å². The molecule has 10 heteroatoms. The summed E-state index contributed by atoms with van der Waals surface area (Å²) in [6.45, 7) is 3.17. The molecule has 0 saturated heterocycles. The minimum atomic E-state index is -5.19. The molecule has 0 spiro atoms. The maximum absolute atomic E-state index is 15.3. The van der Waals surface area contributed by atoms with Crippen LogP contribution in [0.25, 0.3) is 44.8 Å². The molecule has 3 aromatic carbocycles. The van der Waals surface area contributed by atoms with Crippen molar-refractivity contribution in [3.8, 4) is 22.9 Å². The first-order valence-corrected chi connectivity index (χ1v) is 12.8. The number of imidazole rings is 1. The molecule has 42 heavy (non-hydrogen) atoms. The molecule has 3 heterocycles. The van der Waals surface area contributed by atoms with Crippen molar-refractivity contribution in [2.45, 2.75) is 25.4 Å². The van der Waals surface area contributed by atoms with E-state index in [2.05, 4.69) is 12.1 Å². The minimum absolute atomic E-state index is 0. The van der Waals surface area contributed by atoms with Crippen LogP contribution in [0.1, 0.15) is 30.5 Å². The van der Waals surface area contributed by atoms with Crippen molar-refractivity contribution in [2.24, 2.45) is 14.1 Å². The Balaban J connectivity index is 0.00000353. The van der Waals surface area contributed by atoms with Crippen LogP contribution >= 0.6 is 0 Å². The van der Waals surface area contributed by atoms with E-state index in [1.54, 1.807) is 26.0 Å². The Hall–Kier alpha value is -3.84. The molecule has 0 bridgehead atoms. The molecule has 216 valence electrons. The molecule has 0 atom stereocenters. The number of halogens is 5. The molecule has 0 aliphatic heterocycles. The molecule has 0 amide bonds. The molecule has 0 saturated carbocycles. The van der Waals surface area contributed by atoms with Crippen LogP contribution in [-0.4, -0.2) is 19.1 Å². The maximum Gasteiger partial charge on any atom is 2.00 e. The second kappa shape index (κ2) is 10.5. The second-order valence-corrected chi connectivity index (χ2v) is 10.4. The van der Waals surface area contributed by atoms with Crippen molar-refractivity contribution in [3.63, 3.8) is 0 Å². The van der Waals surface area contributed by atoms with E-state index in [1.165, 1.54) is 0 Å². The van der Waals surface area contributed by atoms with Crippen LogP contribution in [0.4, 0.5) is 22.0 Å². The normalized spacial score (nSPS) is 12.2. The van der Waals surface area contributed by atoms with Gasteiger partial charge in [-0.05, 0) is 34.8 Å². The van der Waals surface area contributed by atoms with Crippen LogP contribution in [0.15, 0.2) is 66.7 Å². The van der Waals surface area contributed by atoms with Gasteiger partial charge < -0.3 is 9.13 Å². The molecule has 0 aliphatic carbocycles. The largest absolute Gasteiger partial charge is 2.00 e. The third kappa shape index (κ3) is 4.64. The number of hydrogen-bond donors (Lipinski definition) is 0. The quantitative estimate of drug-likeness (QED) is 0.135. The van der Waals surface area contributed by atoms with E-state index in [-0.39, 0.29) is 26.6 Å². The van der Waals surface area contributed by atoms with Crippen LogP contribution in [0.2, 0.25) is 0 Å². The van der Waals surface area contributed by atoms with Crippen LogP contribution in [-0.2, 0) is 46.8 Å². The number of aromatic nitrogens is 4. The number of rotatable bonds is 4. The Kier molecular flexibility index (Phi) is 7.38. The molecule has 6 rings (SSSR count). The van der Waals surface area contributed by atoms with Crippen molar-refractivity contribution in [2.75, 3.05) is 0 Å². The molecule has 4 nitrogen and oxygen atoms in total. The number of hydrogen-bond acceptors (Lipinski definition) is 2. The predicted molar refractivity (Wildman–Crippen MR) is 147 cm³/mol. The summed E-state index contributed by atoms with van der Waals surface area (Å²) in [5.41, 5.74) is 1.32. The Labute approximate surface area is 253 Å². The van der Waals surface area contributed by atoms with Crippen LogP contribution in [0.3, 0.4) is 0 Å². The van der Waals surface area contributed by atoms with Gasteiger partial charge in [-0.3, -0.25) is 13.8 Å². The molecule has 0 radical (unpaired) electrons. The van der Waals surface area contributed by atoms with Gasteiger partial charge in [0, 0.05) is 37.0 Å². The molecule has 0 fully saturated rings. The molecular formula is C32H23F5N4Pt. The predicted octanol–water partition coefficient (Wildman–Crippen LogP) is 8.01. The SMILES string of the molecule is Cn1c(-c2cccc(-c3[c-]c4c(C(C)(C)c5[c-]cc(F)c(C(F)(F)F)c5F)cccc4n3C)n2)nc2ccccc21.[Pt+2]. The fraction of sp³-hybridized carbons (Fsp3) is 0.188. The zero-order valence-electron chi connectivity index (χ0n) is 22.8. The summed E-state index contributed by atoms with van der Waals surface area (Å²) in [5, 5.41) is 0.579. The van der Waals surface area contributed by atoms with E-state index >= 15 is 4.39 Å². The van der Waals surface area contributed by atoms with Crippen molar-refractivity contribution in [1.82, 2.24) is 19.1 Å². The number of aryl methyl sites for hydroxylation is 2. The molecular weight excluding hydrogens is 730 g/mol. The number of pyridine rings is 1. The maximum atomic E-state index is 15.3. The number of para-hydroxylation sites is 2. The average Bonchev–Trinajstić information content (AvgIpc) is 3.44. The molecule has 3 aromatic heterocycles. The summed E-state index contributed by atoms with van der Waals surface area (Å²) in [6.07, 6.45) is -5.19. The van der Waals surface area contributed by atoms with Gasteiger partial charge in [-0.1, -0.05) is 50.2 Å². The number of nitrogens with zero attached hydrogens (tertiary/aromatic N) is 4. The van der Waals surface area contributed by atoms with Crippen LogP contribution in [0.5, 0.6) is 0 Å². The third-order valence-electron chi connectivity index (χ3n) is 7.59. The molecule has 0 N–H and O–H groups in total. The Morgan fingerprint density at radius 2 is 1.45 bits per heavy atom. The van der Waals surface area contributed by atoms with Crippen LogP contribution in [0, 0.1) is 23.8 Å². The molecule has 6 aromatic rings. The van der Waals surface area contributed by atoms with Gasteiger partial charge in [0.15, 0.2) is 5.82 Å². The van der Waals surface area contributed by atoms with Gasteiger partial charge in [-0.15, -0.1) is 34.7 Å². The first-order chi connectivity index (χ1) is 19.4. The van der Waals surface area contributed by atoms with Gasteiger partial charge in [-0.2, -0.15) is 19.2 Å². The second-order valence-electron chi connectivity index (χ2n) is 10.4. The standard InChI is InChI=1S/C32H23F5N4.Pt/c1-31(2,20-15-16-21(33)28(29(20)34)32(35,36)37)19-9-7-14-25-18(19)17-27(40(25)3)23-11-8-12-24(38-23)30-39-22-10-5-6-13-26(22)41(30)4;/h5-14,16H,1-4H3;/q-2;+2. The van der Waals surface area contributed by atoms with E-state index in [0.717, 1.165) is 16.6 Å². The fourth-order valence-electron chi connectivity index (χ4n) is 5.45. The topological polar surface area (TPSA) is 35.6 Å². The van der Waals surface area contributed by atoms with Gasteiger partial charge in [0.25, 0.3) is 0 Å². The number of fused-ring (bicyclic) bond motifs is 2. The zero-order valence-corrected chi connectivity index (χ0v) is 25.1. The summed E-state index contributed by atoms with van der Waals surface area (Å²) in [6, 6.07) is 25.0. The van der Waals surface area contributed by atoms with Crippen molar-refractivity contribution in [1.29, 1.82) is 0 Å². The fourth-order valence-corrected chi connectivity index (χ4v) is 5.45. The summed E-state index contributed by atoms with van der Waals surface area (Å²) in [4.78, 5) is 9.61. The van der Waals surface area contributed by atoms with E-state index in [1.807, 2.05) is 71.8 Å².